The number of aromatic nitrogens is 7. The predicted octanol–water partition coefficient (Wildman–Crippen LogP) is 5.37. The van der Waals surface area contributed by atoms with E-state index in [1.54, 1.807) is 12.1 Å². The first-order valence-corrected chi connectivity index (χ1v) is 22.1. The molecule has 6 aromatic rings. The molecule has 2 amide bonds. The number of benzene rings is 2. The van der Waals surface area contributed by atoms with Crippen LogP contribution in [0.25, 0.3) is 33.1 Å². The number of fused-ring (bicyclic) bond motifs is 4. The van der Waals surface area contributed by atoms with Crippen molar-refractivity contribution < 1.29 is 29.0 Å². The third-order valence-electron chi connectivity index (χ3n) is 11.0. The molecule has 2 aromatic carbocycles. The molecule has 0 saturated heterocycles. The zero-order valence-corrected chi connectivity index (χ0v) is 38.8. The first kappa shape index (κ1) is 48.7. The number of unbranched alkanes of at least 4 members (excludes halogenated alkanes) is 1. The highest BCUT2D eigenvalue weighted by Gasteiger charge is 2.29. The molecule has 0 fully saturated rings. The Morgan fingerprint density at radius 3 is 2.36 bits per heavy atom. The number of pyridine rings is 1. The highest BCUT2D eigenvalue weighted by atomic mass is 16.5. The molecule has 0 aliphatic rings. The summed E-state index contributed by atoms with van der Waals surface area (Å²) in [5, 5.41) is 19.4. The van der Waals surface area contributed by atoms with Crippen LogP contribution in [0.3, 0.4) is 0 Å². The third kappa shape index (κ3) is 12.7. The number of hydrogen-bond donors (Lipinski definition) is 7. The molecule has 6 rings (SSSR count). The minimum absolute atomic E-state index is 0.0547. The molecule has 66 heavy (non-hydrogen) atoms. The first-order valence-electron chi connectivity index (χ1n) is 22.1. The Labute approximate surface area is 382 Å². The molecule has 0 saturated carbocycles. The van der Waals surface area contributed by atoms with Gasteiger partial charge >= 0.3 is 5.97 Å². The van der Waals surface area contributed by atoms with Crippen LogP contribution >= 0.6 is 0 Å². The lowest BCUT2D eigenvalue weighted by Gasteiger charge is -2.33. The van der Waals surface area contributed by atoms with Gasteiger partial charge in [0.1, 0.15) is 17.4 Å². The number of aromatic amines is 1. The van der Waals surface area contributed by atoms with Crippen LogP contribution in [-0.4, -0.2) is 95.4 Å². The molecule has 19 heteroatoms. The maximum absolute atomic E-state index is 13.0. The second-order valence-electron chi connectivity index (χ2n) is 18.9. The number of carbonyl (C=O) groups is 3. The number of aryl methyl sites for hydroxylation is 1. The maximum Gasteiger partial charge on any atom is 0.326 e. The molecule has 0 spiro atoms. The fourth-order valence-corrected chi connectivity index (χ4v) is 7.32. The second kappa shape index (κ2) is 20.6. The Kier molecular flexibility index (Phi) is 15.2. The number of aliphatic carboxylic acids is 1. The zero-order chi connectivity index (χ0) is 47.8. The summed E-state index contributed by atoms with van der Waals surface area (Å²) < 4.78 is 15.0. The van der Waals surface area contributed by atoms with E-state index in [2.05, 4.69) is 86.1 Å². The van der Waals surface area contributed by atoms with Gasteiger partial charge in [0.25, 0.3) is 11.5 Å². The van der Waals surface area contributed by atoms with E-state index in [0.717, 1.165) is 47.0 Å². The highest BCUT2D eigenvalue weighted by molar-refractivity contribution is 6.06. The summed E-state index contributed by atoms with van der Waals surface area (Å²) in [6, 6.07) is 13.1. The van der Waals surface area contributed by atoms with Gasteiger partial charge in [0, 0.05) is 53.4 Å². The number of nitrogens with two attached hydrogens (primary N) is 2. The van der Waals surface area contributed by atoms with Crippen LogP contribution in [0.4, 0.5) is 17.5 Å². The fourth-order valence-electron chi connectivity index (χ4n) is 7.32. The van der Waals surface area contributed by atoms with E-state index in [0.29, 0.717) is 43.6 Å². The normalized spacial score (nSPS) is 12.7. The monoisotopic (exact) mass is 906 g/mol. The number of amides is 2. The van der Waals surface area contributed by atoms with E-state index in [9.17, 15) is 24.3 Å². The molecule has 1 atom stereocenters. The molecule has 0 radical (unpaired) electrons. The van der Waals surface area contributed by atoms with Crippen molar-refractivity contribution in [3.8, 4) is 0 Å². The molecule has 0 aliphatic heterocycles. The molecule has 0 bridgehead atoms. The summed E-state index contributed by atoms with van der Waals surface area (Å²) in [6.07, 6.45) is 4.12. The molecule has 19 nitrogen and oxygen atoms in total. The first-order chi connectivity index (χ1) is 31.2. The molecule has 352 valence electrons. The SMILES string of the molecule is CCCCc1nc2c(N)nc3ccccc3c2n1CC(C)(C)COCC(C)(C)COC(C)(C)CNC(=O)CC[C@H](NC(=O)c1ccc(NCc2cnc3nc(N)[nH]c(=O)c3n2)cc1)C(=O)O. The van der Waals surface area contributed by atoms with Gasteiger partial charge in [0.2, 0.25) is 11.9 Å². The van der Waals surface area contributed by atoms with Crippen LogP contribution in [0.1, 0.15) is 96.0 Å². The lowest BCUT2D eigenvalue weighted by molar-refractivity contribution is -0.139. The number of imidazole rings is 1. The van der Waals surface area contributed by atoms with Gasteiger partial charge in [-0.25, -0.2) is 24.7 Å². The molecular weight excluding hydrogens is 845 g/mol. The van der Waals surface area contributed by atoms with Gasteiger partial charge in [-0.1, -0.05) is 59.2 Å². The number of nitrogens with zero attached hydrogens (tertiary/aromatic N) is 6. The Hall–Kier alpha value is -6.73. The summed E-state index contributed by atoms with van der Waals surface area (Å²) in [7, 11) is 0. The van der Waals surface area contributed by atoms with Gasteiger partial charge in [0.15, 0.2) is 17.0 Å². The fraction of sp³-hybridized carbons (Fsp3) is 0.468. The van der Waals surface area contributed by atoms with E-state index in [-0.39, 0.29) is 65.3 Å². The molecule has 4 aromatic heterocycles. The number of nitrogen functional groups attached to an aromatic ring is 2. The van der Waals surface area contributed by atoms with E-state index < -0.39 is 29.1 Å². The van der Waals surface area contributed by atoms with Crippen molar-refractivity contribution >= 4 is 68.3 Å². The molecule has 0 aliphatic carbocycles. The number of rotatable bonds is 23. The quantitative estimate of drug-likeness (QED) is 0.0425. The number of carboxylic acid groups (broad SMARTS) is 1. The van der Waals surface area contributed by atoms with E-state index in [4.69, 9.17) is 25.9 Å². The lowest BCUT2D eigenvalue weighted by Crippen LogP contribution is -2.44. The maximum atomic E-state index is 13.0. The molecule has 0 unspecified atom stereocenters. The number of carboxylic acids is 1. The number of ether oxygens (including phenoxy) is 2. The van der Waals surface area contributed by atoms with E-state index >= 15 is 0 Å². The third-order valence-corrected chi connectivity index (χ3v) is 11.0. The minimum atomic E-state index is -1.30. The van der Waals surface area contributed by atoms with Crippen LogP contribution in [-0.2, 0) is 38.6 Å². The van der Waals surface area contributed by atoms with Crippen molar-refractivity contribution in [2.75, 3.05) is 43.1 Å². The van der Waals surface area contributed by atoms with Crippen molar-refractivity contribution in [3.05, 3.63) is 82.2 Å². The molecular formula is C47H62N12O7. The summed E-state index contributed by atoms with van der Waals surface area (Å²) in [6.45, 7) is 16.8. The van der Waals surface area contributed by atoms with E-state index in [1.807, 2.05) is 32.0 Å². The summed E-state index contributed by atoms with van der Waals surface area (Å²) in [5.41, 5.74) is 14.2. The number of hydrogen-bond acceptors (Lipinski definition) is 14. The Balaban J connectivity index is 0.929. The lowest BCUT2D eigenvalue weighted by atomic mass is 9.93. The predicted molar refractivity (Wildman–Crippen MR) is 254 cm³/mol. The van der Waals surface area contributed by atoms with Gasteiger partial charge in [0.05, 0.1) is 54.9 Å². The highest BCUT2D eigenvalue weighted by Crippen LogP contribution is 2.32. The van der Waals surface area contributed by atoms with Gasteiger partial charge in [-0.05, 0) is 57.0 Å². The van der Waals surface area contributed by atoms with Gasteiger partial charge in [-0.2, -0.15) is 4.98 Å². The average molecular weight is 907 g/mol. The van der Waals surface area contributed by atoms with Crippen LogP contribution in [0, 0.1) is 10.8 Å². The van der Waals surface area contributed by atoms with Gasteiger partial charge in [-0.3, -0.25) is 19.4 Å². The zero-order valence-electron chi connectivity index (χ0n) is 38.8. The van der Waals surface area contributed by atoms with Crippen molar-refractivity contribution in [1.29, 1.82) is 0 Å². The summed E-state index contributed by atoms with van der Waals surface area (Å²) >= 11 is 0. The van der Waals surface area contributed by atoms with Crippen LogP contribution < -0.4 is 33.0 Å². The minimum Gasteiger partial charge on any atom is -0.480 e. The standard InChI is InChI=1S/C47H62N12O7/c1-8-9-14-34-56-36-38(31-12-10-11-13-32(31)54-39(36)48)59(34)24-45(2,3)25-65-26-46(4,5)27-66-47(6,7)23-52-35(60)20-19-33(43(63)64)55-41(61)28-15-17-29(18-16-28)50-21-30-22-51-40-37(53-30)42(62)58-44(49)57-40/h10-13,15-18,22,33,50H,8-9,14,19-21,23-27H2,1-7H3,(H2,48,54)(H,52,60)(H,55,61)(H,63,64)(H3,49,51,57,58,62)/t33-/m0/s1. The van der Waals surface area contributed by atoms with Crippen LogP contribution in [0.2, 0.25) is 0 Å². The number of para-hydroxylation sites is 1. The largest absolute Gasteiger partial charge is 0.480 e. The Morgan fingerprint density at radius 1 is 0.909 bits per heavy atom. The van der Waals surface area contributed by atoms with Crippen LogP contribution in [0.5, 0.6) is 0 Å². The van der Waals surface area contributed by atoms with Crippen molar-refractivity contribution in [2.24, 2.45) is 10.8 Å². The van der Waals surface area contributed by atoms with Crippen molar-refractivity contribution in [3.63, 3.8) is 0 Å². The van der Waals surface area contributed by atoms with Crippen LogP contribution in [0.15, 0.2) is 59.5 Å². The van der Waals surface area contributed by atoms with Gasteiger partial charge < -0.3 is 46.6 Å². The van der Waals surface area contributed by atoms with Crippen molar-refractivity contribution in [1.82, 2.24) is 45.1 Å². The number of anilines is 3. The average Bonchev–Trinajstić information content (AvgIpc) is 3.62. The molecule has 9 N–H and O–H groups in total. The Bertz CT molecular complexity index is 2750. The number of nitrogens with one attached hydrogen (secondary N) is 4. The topological polar surface area (TPSA) is 280 Å². The molecule has 4 heterocycles. The summed E-state index contributed by atoms with van der Waals surface area (Å²) in [5.74, 6) is -0.869. The Morgan fingerprint density at radius 2 is 1.64 bits per heavy atom. The smallest absolute Gasteiger partial charge is 0.326 e. The van der Waals surface area contributed by atoms with E-state index in [1.165, 1.54) is 18.3 Å². The number of carbonyl (C=O) groups excluding carboxylic acids is 2. The van der Waals surface area contributed by atoms with Gasteiger partial charge in [-0.15, -0.1) is 0 Å². The second-order valence-corrected chi connectivity index (χ2v) is 18.9. The van der Waals surface area contributed by atoms with Crippen molar-refractivity contribution in [2.45, 2.75) is 105 Å². The number of H-pyrrole nitrogens is 1. The summed E-state index contributed by atoms with van der Waals surface area (Å²) in [4.78, 5) is 74.5.